The average molecular weight is 562 g/mol. The average Bonchev–Trinajstić information content (AvgIpc) is 2.89. The molecule has 2 heterocycles. The van der Waals surface area contributed by atoms with Gasteiger partial charge in [-0.05, 0) is 37.7 Å². The molecule has 0 atom stereocenters. The van der Waals surface area contributed by atoms with Crippen LogP contribution < -0.4 is 15.5 Å². The van der Waals surface area contributed by atoms with Crippen molar-refractivity contribution in [1.29, 1.82) is 0 Å². The quantitative estimate of drug-likeness (QED) is 0.378. The molecular formula is C29H37ClFN3O5. The van der Waals surface area contributed by atoms with E-state index in [-0.39, 0.29) is 46.7 Å². The summed E-state index contributed by atoms with van der Waals surface area (Å²) in [5.41, 5.74) is -0.897. The Morgan fingerprint density at radius 3 is 2.62 bits per heavy atom. The van der Waals surface area contributed by atoms with E-state index < -0.39 is 22.7 Å². The van der Waals surface area contributed by atoms with Crippen LogP contribution >= 0.6 is 11.6 Å². The van der Waals surface area contributed by atoms with Gasteiger partial charge in [0.2, 0.25) is 5.43 Å². The summed E-state index contributed by atoms with van der Waals surface area (Å²) < 4.78 is 27.9. The number of carbonyl (C=O) groups is 2. The number of fused-ring (bicyclic) bond motifs is 2. The van der Waals surface area contributed by atoms with Gasteiger partial charge in [-0.15, -0.1) is 0 Å². The zero-order valence-corrected chi connectivity index (χ0v) is 23.6. The van der Waals surface area contributed by atoms with Crippen LogP contribution in [0.15, 0.2) is 29.2 Å². The lowest BCUT2D eigenvalue weighted by molar-refractivity contribution is -0.0291. The summed E-state index contributed by atoms with van der Waals surface area (Å²) in [6, 6.07) is 4.53. The number of likely N-dealkylation sites (N-methyl/N-ethyl adjacent to an activating group) is 1. The molecule has 8 nitrogen and oxygen atoms in total. The molecule has 0 bridgehead atoms. The van der Waals surface area contributed by atoms with Crippen LogP contribution in [0.25, 0.3) is 0 Å². The molecule has 2 amide bonds. The van der Waals surface area contributed by atoms with E-state index in [4.69, 9.17) is 21.1 Å². The van der Waals surface area contributed by atoms with Crippen molar-refractivity contribution in [3.63, 3.8) is 0 Å². The van der Waals surface area contributed by atoms with Crippen molar-refractivity contribution in [2.45, 2.75) is 64.5 Å². The molecule has 0 saturated heterocycles. The lowest BCUT2D eigenvalue weighted by atomic mass is 9.67. The molecule has 2 aliphatic rings. The number of aromatic nitrogens is 1. The number of pyridine rings is 1. The van der Waals surface area contributed by atoms with Gasteiger partial charge in [0, 0.05) is 45.1 Å². The second kappa shape index (κ2) is 12.5. The molecule has 39 heavy (non-hydrogen) atoms. The largest absolute Gasteiger partial charge is 0.487 e. The van der Waals surface area contributed by atoms with Gasteiger partial charge in [0.05, 0.1) is 17.2 Å². The number of amides is 2. The maximum absolute atomic E-state index is 14.4. The maximum atomic E-state index is 14.4. The van der Waals surface area contributed by atoms with Crippen LogP contribution in [0.2, 0.25) is 5.02 Å². The molecule has 2 aromatic rings. The highest BCUT2D eigenvalue weighted by Crippen LogP contribution is 2.48. The van der Waals surface area contributed by atoms with E-state index in [9.17, 15) is 18.8 Å². The van der Waals surface area contributed by atoms with E-state index in [2.05, 4.69) is 12.2 Å². The summed E-state index contributed by atoms with van der Waals surface area (Å²) in [6.07, 6.45) is 6.58. The van der Waals surface area contributed by atoms with Gasteiger partial charge in [0.15, 0.2) is 11.4 Å². The second-order valence-corrected chi connectivity index (χ2v) is 11.0. The van der Waals surface area contributed by atoms with Crippen molar-refractivity contribution in [2.24, 2.45) is 5.92 Å². The van der Waals surface area contributed by atoms with Gasteiger partial charge < -0.3 is 24.3 Å². The van der Waals surface area contributed by atoms with Crippen molar-refractivity contribution in [3.05, 3.63) is 62.3 Å². The first-order valence-electron chi connectivity index (χ1n) is 13.7. The van der Waals surface area contributed by atoms with Crippen molar-refractivity contribution < 1.29 is 23.5 Å². The van der Waals surface area contributed by atoms with Gasteiger partial charge >= 0.3 is 0 Å². The Balaban J connectivity index is 1.67. The van der Waals surface area contributed by atoms with Crippen LogP contribution in [0, 0.1) is 11.7 Å². The summed E-state index contributed by atoms with van der Waals surface area (Å²) in [5.74, 6) is -1.42. The fourth-order valence-corrected chi connectivity index (χ4v) is 5.66. The van der Waals surface area contributed by atoms with E-state index >= 15 is 0 Å². The fraction of sp³-hybridized carbons (Fsp3) is 0.552. The van der Waals surface area contributed by atoms with Gasteiger partial charge in [-0.3, -0.25) is 14.4 Å². The molecular weight excluding hydrogens is 525 g/mol. The fourth-order valence-electron chi connectivity index (χ4n) is 5.46. The number of hydrogen-bond donors (Lipinski definition) is 1. The SMILES string of the molecule is CCCCOCC1CC2(C1)CN(C)C(=O)c1c(OCCCC)c(=O)c(C(=O)NCc3cccc(Cl)c3F)cn12. The van der Waals surface area contributed by atoms with Crippen molar-refractivity contribution in [3.8, 4) is 5.75 Å². The van der Waals surface area contributed by atoms with Crippen LogP contribution in [-0.4, -0.2) is 54.7 Å². The van der Waals surface area contributed by atoms with Gasteiger partial charge in [0.1, 0.15) is 11.4 Å². The van der Waals surface area contributed by atoms with E-state index in [1.54, 1.807) is 22.6 Å². The van der Waals surface area contributed by atoms with Crippen molar-refractivity contribution in [2.75, 3.05) is 33.4 Å². The number of nitrogens with zero attached hydrogens (tertiary/aromatic N) is 2. The van der Waals surface area contributed by atoms with E-state index in [0.717, 1.165) is 32.1 Å². The Bertz CT molecular complexity index is 1270. The number of hydrogen-bond acceptors (Lipinski definition) is 5. The molecule has 1 spiro atoms. The molecule has 1 N–H and O–H groups in total. The molecule has 4 rings (SSSR count). The third-order valence-corrected chi connectivity index (χ3v) is 7.84. The third kappa shape index (κ3) is 5.99. The molecule has 1 fully saturated rings. The van der Waals surface area contributed by atoms with Crippen LogP contribution in [0.1, 0.15) is 78.8 Å². The number of carbonyl (C=O) groups excluding carboxylic acids is 2. The smallest absolute Gasteiger partial charge is 0.274 e. The molecule has 212 valence electrons. The molecule has 0 unspecified atom stereocenters. The molecule has 1 saturated carbocycles. The molecule has 1 aliphatic heterocycles. The lowest BCUT2D eigenvalue weighted by Gasteiger charge is -2.54. The topological polar surface area (TPSA) is 89.9 Å². The predicted molar refractivity (Wildman–Crippen MR) is 147 cm³/mol. The minimum Gasteiger partial charge on any atom is -0.487 e. The minimum atomic E-state index is -0.671. The van der Waals surface area contributed by atoms with Gasteiger partial charge in [-0.1, -0.05) is 50.4 Å². The second-order valence-electron chi connectivity index (χ2n) is 10.6. The highest BCUT2D eigenvalue weighted by molar-refractivity contribution is 6.30. The van der Waals surface area contributed by atoms with Crippen molar-refractivity contribution >= 4 is 23.4 Å². The van der Waals surface area contributed by atoms with Crippen LogP contribution in [-0.2, 0) is 16.8 Å². The number of ether oxygens (including phenoxy) is 2. The molecule has 10 heteroatoms. The number of nitrogens with one attached hydrogen (secondary N) is 1. The number of halogens is 2. The van der Waals surface area contributed by atoms with Gasteiger partial charge in [-0.25, -0.2) is 4.39 Å². The molecule has 1 aromatic carbocycles. The summed E-state index contributed by atoms with van der Waals surface area (Å²) >= 11 is 5.87. The lowest BCUT2D eigenvalue weighted by Crippen LogP contribution is -2.60. The maximum Gasteiger partial charge on any atom is 0.274 e. The summed E-state index contributed by atoms with van der Waals surface area (Å²) in [4.78, 5) is 41.8. The standard InChI is InChI=1S/C29H37ClFN3O5/c1-4-6-11-38-17-19-13-29(14-19)18-33(3)28(37)24-26(39-12-7-5-2)25(35)21(16-34(24)29)27(36)32-15-20-9-8-10-22(30)23(20)31/h8-10,16,19H,4-7,11-15,17-18H2,1-3H3,(H,32,36). The summed E-state index contributed by atoms with van der Waals surface area (Å²) in [5, 5.41) is 2.58. The Labute approximate surface area is 233 Å². The third-order valence-electron chi connectivity index (χ3n) is 7.55. The van der Waals surface area contributed by atoms with E-state index in [1.807, 2.05) is 6.92 Å². The highest BCUT2D eigenvalue weighted by Gasteiger charge is 2.52. The monoisotopic (exact) mass is 561 g/mol. The Hall–Kier alpha value is -2.91. The minimum absolute atomic E-state index is 0.0509. The highest BCUT2D eigenvalue weighted by atomic mass is 35.5. The number of rotatable bonds is 12. The molecule has 0 radical (unpaired) electrons. The number of unbranched alkanes of at least 4 members (excludes halogenated alkanes) is 2. The Morgan fingerprint density at radius 1 is 1.18 bits per heavy atom. The van der Waals surface area contributed by atoms with Gasteiger partial charge in [-0.2, -0.15) is 0 Å². The first-order chi connectivity index (χ1) is 18.7. The number of benzene rings is 1. The molecule has 1 aromatic heterocycles. The summed E-state index contributed by atoms with van der Waals surface area (Å²) in [7, 11) is 1.72. The van der Waals surface area contributed by atoms with Gasteiger partial charge in [0.25, 0.3) is 11.8 Å². The first-order valence-corrected chi connectivity index (χ1v) is 14.1. The van der Waals surface area contributed by atoms with E-state index in [0.29, 0.717) is 32.1 Å². The Kier molecular flexibility index (Phi) is 9.33. The zero-order valence-electron chi connectivity index (χ0n) is 22.9. The Morgan fingerprint density at radius 2 is 1.90 bits per heavy atom. The van der Waals surface area contributed by atoms with Crippen LogP contribution in [0.3, 0.4) is 0 Å². The van der Waals surface area contributed by atoms with Crippen LogP contribution in [0.5, 0.6) is 5.75 Å². The summed E-state index contributed by atoms with van der Waals surface area (Å²) in [6.45, 7) is 6.01. The van der Waals surface area contributed by atoms with Crippen LogP contribution in [0.4, 0.5) is 4.39 Å². The van der Waals surface area contributed by atoms with E-state index in [1.165, 1.54) is 18.3 Å². The predicted octanol–water partition coefficient (Wildman–Crippen LogP) is 4.76. The zero-order chi connectivity index (χ0) is 28.2. The van der Waals surface area contributed by atoms with Crippen molar-refractivity contribution in [1.82, 2.24) is 14.8 Å². The molecule has 1 aliphatic carbocycles. The normalized spacial score (nSPS) is 20.1. The first kappa shape index (κ1) is 29.1.